The van der Waals surface area contributed by atoms with Crippen molar-refractivity contribution in [2.24, 2.45) is 0 Å². The lowest BCUT2D eigenvalue weighted by Gasteiger charge is -2.39. The number of hydrogen-bond acceptors (Lipinski definition) is 12. The minimum absolute atomic E-state index is 0.223. The van der Waals surface area contributed by atoms with Crippen molar-refractivity contribution in [3.63, 3.8) is 0 Å². The summed E-state index contributed by atoms with van der Waals surface area (Å²) in [5.41, 5.74) is -1.06. The highest BCUT2D eigenvalue weighted by atomic mass is 32.2. The Labute approximate surface area is 269 Å². The van der Waals surface area contributed by atoms with Gasteiger partial charge in [-0.15, -0.1) is 9.38 Å². The van der Waals surface area contributed by atoms with Crippen molar-refractivity contribution in [3.05, 3.63) is 36.2 Å². The van der Waals surface area contributed by atoms with Crippen molar-refractivity contribution in [1.29, 1.82) is 0 Å². The van der Waals surface area contributed by atoms with Crippen LogP contribution in [-0.4, -0.2) is 134 Å². The number of urea groups is 1. The highest BCUT2D eigenvalue weighted by molar-refractivity contribution is 7.88. The number of morpholine rings is 1. The number of hydrogen-bond donors (Lipinski definition) is 1. The Bertz CT molecular complexity index is 1830. The second-order valence-electron chi connectivity index (χ2n) is 11.0. The quantitative estimate of drug-likeness (QED) is 0.317. The van der Waals surface area contributed by atoms with E-state index in [2.05, 4.69) is 29.6 Å². The Balaban J connectivity index is 1.40. The number of hydroxylamine groups is 2. The van der Waals surface area contributed by atoms with Crippen LogP contribution in [-0.2, 0) is 35.3 Å². The van der Waals surface area contributed by atoms with Gasteiger partial charge in [0.15, 0.2) is 11.6 Å². The number of carbonyl (C=O) groups excluding carboxylic acids is 1. The number of halogens is 3. The third kappa shape index (κ3) is 8.46. The maximum Gasteiger partial charge on any atom is 0.417 e. The van der Waals surface area contributed by atoms with Crippen LogP contribution in [0.1, 0.15) is 12.5 Å². The first-order valence-electron chi connectivity index (χ1n) is 14.5. The van der Waals surface area contributed by atoms with E-state index in [1.54, 1.807) is 18.3 Å². The van der Waals surface area contributed by atoms with E-state index in [1.165, 1.54) is 22.0 Å². The minimum atomic E-state index is -4.91. The number of nitrogens with one attached hydrogen (secondary N) is 1. The number of amides is 2. The van der Waals surface area contributed by atoms with Crippen LogP contribution in [0.3, 0.4) is 0 Å². The summed E-state index contributed by atoms with van der Waals surface area (Å²) in [4.78, 5) is 25.1. The van der Waals surface area contributed by atoms with E-state index in [0.29, 0.717) is 74.9 Å². The van der Waals surface area contributed by atoms with E-state index in [9.17, 15) is 34.8 Å². The second kappa shape index (κ2) is 13.5. The molecular weight excluding hydrogens is 671 g/mol. The number of fused-ring (bicyclic) bond motifs is 1. The van der Waals surface area contributed by atoms with Gasteiger partial charge in [-0.1, -0.05) is 0 Å². The van der Waals surface area contributed by atoms with Crippen molar-refractivity contribution >= 4 is 43.3 Å². The molecule has 0 saturated carbocycles. The molecule has 0 aliphatic carbocycles. The zero-order chi connectivity index (χ0) is 34.1. The van der Waals surface area contributed by atoms with Crippen LogP contribution in [0, 0.1) is 0 Å². The van der Waals surface area contributed by atoms with Crippen LogP contribution < -0.4 is 10.2 Å². The van der Waals surface area contributed by atoms with E-state index in [0.717, 1.165) is 12.5 Å². The fourth-order valence-electron chi connectivity index (χ4n) is 5.32. The third-order valence-corrected chi connectivity index (χ3v) is 9.25. The van der Waals surface area contributed by atoms with Crippen molar-refractivity contribution in [1.82, 2.24) is 33.9 Å². The topological polar surface area (TPSA) is 172 Å². The molecule has 21 heteroatoms. The molecule has 16 nitrogen and oxygen atoms in total. The van der Waals surface area contributed by atoms with Crippen molar-refractivity contribution in [2.45, 2.75) is 19.2 Å². The number of nitrogens with zero attached hydrogens (tertiary/aromatic N) is 8. The maximum absolute atomic E-state index is 14.4. The predicted octanol–water partition coefficient (Wildman–Crippen LogP) is 1.34. The average Bonchev–Trinajstić information content (AvgIpc) is 3.47. The largest absolute Gasteiger partial charge is 0.417 e. The van der Waals surface area contributed by atoms with Gasteiger partial charge in [-0.05, 0) is 25.1 Å². The molecule has 47 heavy (non-hydrogen) atoms. The van der Waals surface area contributed by atoms with Crippen LogP contribution in [0.15, 0.2) is 30.6 Å². The van der Waals surface area contributed by atoms with E-state index in [-0.39, 0.29) is 18.5 Å². The average molecular weight is 706 g/mol. The molecule has 5 rings (SSSR count). The number of alkyl halides is 3. The molecule has 1 N–H and O–H groups in total. The molecule has 2 amide bonds. The molecule has 2 aliphatic rings. The lowest BCUT2D eigenvalue weighted by Crippen LogP contribution is -2.53. The fraction of sp³-hybridized carbons (Fsp3) is 0.538. The third-order valence-electron chi connectivity index (χ3n) is 7.50. The predicted molar refractivity (Wildman–Crippen MR) is 163 cm³/mol. The Kier molecular flexibility index (Phi) is 9.94. The van der Waals surface area contributed by atoms with Gasteiger partial charge in [0.2, 0.25) is 10.0 Å². The lowest BCUT2D eigenvalue weighted by molar-refractivity contribution is -0.137. The van der Waals surface area contributed by atoms with Gasteiger partial charge in [0, 0.05) is 64.8 Å². The van der Waals surface area contributed by atoms with E-state index < -0.39 is 49.3 Å². The van der Waals surface area contributed by atoms with Gasteiger partial charge in [0.25, 0.3) is 10.1 Å². The van der Waals surface area contributed by atoms with Crippen LogP contribution >= 0.6 is 0 Å². The highest BCUT2D eigenvalue weighted by Crippen LogP contribution is 2.38. The summed E-state index contributed by atoms with van der Waals surface area (Å²) in [6.07, 6.45) is -0.811. The summed E-state index contributed by atoms with van der Waals surface area (Å²) in [5, 5.41) is 6.86. The van der Waals surface area contributed by atoms with Crippen LogP contribution in [0.4, 0.5) is 29.6 Å². The first-order chi connectivity index (χ1) is 22.0. The van der Waals surface area contributed by atoms with Gasteiger partial charge in [-0.25, -0.2) is 27.7 Å². The second-order valence-corrected chi connectivity index (χ2v) is 14.6. The fourth-order valence-corrected chi connectivity index (χ4v) is 6.65. The van der Waals surface area contributed by atoms with Crippen LogP contribution in [0.25, 0.3) is 16.9 Å². The number of carbonyl (C=O) groups is 1. The van der Waals surface area contributed by atoms with Gasteiger partial charge in [0.1, 0.15) is 11.3 Å². The van der Waals surface area contributed by atoms with Crippen molar-refractivity contribution in [2.75, 3.05) is 81.7 Å². The molecule has 1 atom stereocenters. The smallest absolute Gasteiger partial charge is 0.373 e. The summed E-state index contributed by atoms with van der Waals surface area (Å²) in [6.45, 7) is 4.67. The molecule has 1 unspecified atom stereocenters. The molecule has 0 spiro atoms. The minimum Gasteiger partial charge on any atom is -0.373 e. The number of piperazine rings is 1. The van der Waals surface area contributed by atoms with Gasteiger partial charge in [-0.3, -0.25) is 10.2 Å². The van der Waals surface area contributed by atoms with Gasteiger partial charge in [-0.2, -0.15) is 31.0 Å². The Morgan fingerprint density at radius 3 is 2.51 bits per heavy atom. The summed E-state index contributed by atoms with van der Waals surface area (Å²) in [6, 6.07) is 2.90. The first kappa shape index (κ1) is 34.7. The Morgan fingerprint density at radius 1 is 1.15 bits per heavy atom. The number of rotatable bonds is 9. The van der Waals surface area contributed by atoms with E-state index in [4.69, 9.17) is 4.74 Å². The molecule has 0 bridgehead atoms. The lowest BCUT2D eigenvalue weighted by atomic mass is 10.1. The summed E-state index contributed by atoms with van der Waals surface area (Å²) in [7, 11) is -7.35. The highest BCUT2D eigenvalue weighted by Gasteiger charge is 2.36. The number of sulfonamides is 1. The Hall–Kier alpha value is -3.63. The molecule has 258 valence electrons. The van der Waals surface area contributed by atoms with Gasteiger partial charge in [0.05, 0.1) is 36.3 Å². The van der Waals surface area contributed by atoms with Gasteiger partial charge >= 0.3 is 12.2 Å². The number of aromatic nitrogens is 4. The summed E-state index contributed by atoms with van der Waals surface area (Å²) in [5.74, 6) is -0.383. The molecule has 5 heterocycles. The van der Waals surface area contributed by atoms with Crippen molar-refractivity contribution < 1.29 is 43.8 Å². The number of ether oxygens (including phenoxy) is 1. The SMILES string of the molecule is CCN(OS(C)(=O)=O)C(=O)Nc1cc(C(F)(F)F)c(-c2nc(N3CCOC(CN4CCN(S(C)(=O)=O)CC4)C3)c3cccn3n2)cn1. The molecule has 3 aromatic heterocycles. The van der Waals surface area contributed by atoms with E-state index >= 15 is 0 Å². The monoisotopic (exact) mass is 705 g/mol. The Morgan fingerprint density at radius 2 is 1.87 bits per heavy atom. The summed E-state index contributed by atoms with van der Waals surface area (Å²) >= 11 is 0. The molecular formula is C26H34F3N9O7S2. The molecule has 0 aromatic carbocycles. The number of anilines is 2. The molecule has 2 fully saturated rings. The van der Waals surface area contributed by atoms with Gasteiger partial charge < -0.3 is 9.64 Å². The molecule has 2 saturated heterocycles. The van der Waals surface area contributed by atoms with Crippen LogP contribution in [0.2, 0.25) is 0 Å². The number of pyridine rings is 1. The normalized spacial score (nSPS) is 18.9. The zero-order valence-corrected chi connectivity index (χ0v) is 27.3. The standard InChI is InChI=1S/C26H34F3N9O7S2/c1-4-38(45-47(3,42)43)25(39)31-22-14-20(26(27,28)29)19(15-30-22)23-32-24(21-6-5-7-37(21)33-23)35-12-13-44-18(17-35)16-34-8-10-36(11-9-34)46(2,40)41/h5-7,14-15,18H,4,8-13,16-17H2,1-3H3,(H,30,31,39). The van der Waals surface area contributed by atoms with Crippen LogP contribution in [0.5, 0.6) is 0 Å². The molecule has 3 aromatic rings. The maximum atomic E-state index is 14.4. The van der Waals surface area contributed by atoms with E-state index in [1.807, 2.05) is 4.90 Å². The molecule has 2 aliphatic heterocycles. The zero-order valence-electron chi connectivity index (χ0n) is 25.7. The van der Waals surface area contributed by atoms with Crippen molar-refractivity contribution in [3.8, 4) is 11.4 Å². The first-order valence-corrected chi connectivity index (χ1v) is 18.1. The summed E-state index contributed by atoms with van der Waals surface area (Å²) < 4.78 is 103. The molecule has 0 radical (unpaired) electrons.